The summed E-state index contributed by atoms with van der Waals surface area (Å²) in [4.78, 5) is 11.4. The Morgan fingerprint density at radius 3 is 2.94 bits per heavy atom. The van der Waals surface area contributed by atoms with Crippen molar-refractivity contribution in [3.63, 3.8) is 0 Å². The van der Waals surface area contributed by atoms with E-state index in [0.717, 1.165) is 0 Å². The quantitative estimate of drug-likeness (QED) is 0.615. The number of amides is 1. The molecule has 1 aromatic carbocycles. The monoisotopic (exact) mass is 242 g/mol. The molecule has 0 atom stereocenters. The number of benzene rings is 1. The lowest BCUT2D eigenvalue weighted by atomic mass is 10.2. The summed E-state index contributed by atoms with van der Waals surface area (Å²) in [5, 5.41) is 3.19. The highest BCUT2D eigenvalue weighted by Crippen LogP contribution is 2.22. The Balaban J connectivity index is 2.46. The molecule has 0 aliphatic carbocycles. The largest absolute Gasteiger partial charge is 0.397 e. The van der Waals surface area contributed by atoms with E-state index in [0.29, 0.717) is 36.0 Å². The highest BCUT2D eigenvalue weighted by molar-refractivity contribution is 6.33. The summed E-state index contributed by atoms with van der Waals surface area (Å²) in [6.45, 7) is 2.92. The van der Waals surface area contributed by atoms with Crippen molar-refractivity contribution in [2.75, 3.05) is 24.3 Å². The van der Waals surface area contributed by atoms with Gasteiger partial charge in [0.1, 0.15) is 0 Å². The molecular formula is C11H15ClN2O2. The third-order valence-corrected chi connectivity index (χ3v) is 2.30. The van der Waals surface area contributed by atoms with Crippen LogP contribution in [0.1, 0.15) is 13.3 Å². The minimum Gasteiger partial charge on any atom is -0.397 e. The van der Waals surface area contributed by atoms with E-state index < -0.39 is 0 Å². The first-order valence-corrected chi connectivity index (χ1v) is 5.44. The highest BCUT2D eigenvalue weighted by atomic mass is 35.5. The van der Waals surface area contributed by atoms with Gasteiger partial charge in [-0.2, -0.15) is 0 Å². The van der Waals surface area contributed by atoms with E-state index in [9.17, 15) is 4.79 Å². The van der Waals surface area contributed by atoms with E-state index >= 15 is 0 Å². The Hall–Kier alpha value is -1.26. The lowest BCUT2D eigenvalue weighted by molar-refractivity contribution is -0.117. The van der Waals surface area contributed by atoms with Gasteiger partial charge in [0.2, 0.25) is 5.91 Å². The van der Waals surface area contributed by atoms with E-state index in [1.54, 1.807) is 18.2 Å². The predicted molar refractivity (Wildman–Crippen MR) is 65.6 cm³/mol. The van der Waals surface area contributed by atoms with Crippen LogP contribution in [0.4, 0.5) is 11.4 Å². The number of halogens is 1. The fraction of sp³-hybridized carbons (Fsp3) is 0.364. The van der Waals surface area contributed by atoms with Crippen molar-refractivity contribution in [2.24, 2.45) is 0 Å². The molecule has 0 saturated carbocycles. The van der Waals surface area contributed by atoms with Crippen LogP contribution in [0.15, 0.2) is 18.2 Å². The molecule has 0 heterocycles. The van der Waals surface area contributed by atoms with Gasteiger partial charge in [-0.25, -0.2) is 0 Å². The molecule has 0 saturated heterocycles. The van der Waals surface area contributed by atoms with Gasteiger partial charge < -0.3 is 15.8 Å². The van der Waals surface area contributed by atoms with E-state index in [2.05, 4.69) is 5.32 Å². The Kier molecular flexibility index (Phi) is 5.08. The summed E-state index contributed by atoms with van der Waals surface area (Å²) >= 11 is 5.76. The molecule has 4 nitrogen and oxygen atoms in total. The van der Waals surface area contributed by atoms with Gasteiger partial charge in [0.15, 0.2) is 0 Å². The van der Waals surface area contributed by atoms with Gasteiger partial charge in [0.25, 0.3) is 0 Å². The number of nitrogen functional groups attached to an aromatic ring is 1. The summed E-state index contributed by atoms with van der Waals surface area (Å²) in [6, 6.07) is 4.98. The fourth-order valence-electron chi connectivity index (χ4n) is 1.15. The number of hydrogen-bond acceptors (Lipinski definition) is 3. The number of anilines is 2. The van der Waals surface area contributed by atoms with Gasteiger partial charge >= 0.3 is 0 Å². The standard InChI is InChI=1S/C11H15ClN2O2/c1-2-16-6-5-11(15)14-8-3-4-9(12)10(13)7-8/h3-4,7H,2,5-6,13H2,1H3,(H,14,15). The first-order chi connectivity index (χ1) is 7.63. The van der Waals surface area contributed by atoms with E-state index in [1.807, 2.05) is 6.92 Å². The van der Waals surface area contributed by atoms with Gasteiger partial charge in [0, 0.05) is 12.3 Å². The average Bonchev–Trinajstić information content (AvgIpc) is 2.24. The van der Waals surface area contributed by atoms with Crippen molar-refractivity contribution in [3.05, 3.63) is 23.2 Å². The lowest BCUT2D eigenvalue weighted by Crippen LogP contribution is -2.14. The third kappa shape index (κ3) is 4.08. The average molecular weight is 243 g/mol. The van der Waals surface area contributed by atoms with Crippen LogP contribution in [0.5, 0.6) is 0 Å². The van der Waals surface area contributed by atoms with Crippen LogP contribution in [-0.2, 0) is 9.53 Å². The summed E-state index contributed by atoms with van der Waals surface area (Å²) in [5.41, 5.74) is 6.70. The SMILES string of the molecule is CCOCCC(=O)Nc1ccc(Cl)c(N)c1. The van der Waals surface area contributed by atoms with Crippen molar-refractivity contribution in [1.82, 2.24) is 0 Å². The van der Waals surface area contributed by atoms with Crippen LogP contribution in [0.25, 0.3) is 0 Å². The second-order valence-electron chi connectivity index (χ2n) is 3.23. The normalized spacial score (nSPS) is 10.1. The first-order valence-electron chi connectivity index (χ1n) is 5.06. The number of carbonyl (C=O) groups is 1. The number of hydrogen-bond donors (Lipinski definition) is 2. The molecule has 1 rings (SSSR count). The first kappa shape index (κ1) is 12.8. The molecule has 0 spiro atoms. The molecule has 88 valence electrons. The van der Waals surface area contributed by atoms with Gasteiger partial charge in [-0.15, -0.1) is 0 Å². The Bertz CT molecular complexity index is 369. The van der Waals surface area contributed by atoms with E-state index in [4.69, 9.17) is 22.1 Å². The Morgan fingerprint density at radius 2 is 2.31 bits per heavy atom. The number of rotatable bonds is 5. The molecule has 16 heavy (non-hydrogen) atoms. The van der Waals surface area contributed by atoms with Crippen molar-refractivity contribution in [2.45, 2.75) is 13.3 Å². The molecular weight excluding hydrogens is 228 g/mol. The zero-order valence-corrected chi connectivity index (χ0v) is 9.88. The second-order valence-corrected chi connectivity index (χ2v) is 3.64. The molecule has 1 aromatic rings. The summed E-state index contributed by atoms with van der Waals surface area (Å²) in [5.74, 6) is -0.102. The molecule has 0 radical (unpaired) electrons. The van der Waals surface area contributed by atoms with Crippen LogP contribution in [0.3, 0.4) is 0 Å². The van der Waals surface area contributed by atoms with Crippen LogP contribution in [0.2, 0.25) is 5.02 Å². The van der Waals surface area contributed by atoms with E-state index in [-0.39, 0.29) is 5.91 Å². The summed E-state index contributed by atoms with van der Waals surface area (Å²) in [7, 11) is 0. The second kappa shape index (κ2) is 6.35. The molecule has 1 amide bonds. The number of carbonyl (C=O) groups excluding carboxylic acids is 1. The van der Waals surface area contributed by atoms with Crippen molar-refractivity contribution < 1.29 is 9.53 Å². The smallest absolute Gasteiger partial charge is 0.226 e. The molecule has 0 aromatic heterocycles. The predicted octanol–water partition coefficient (Wildman–Crippen LogP) is 2.29. The minimum atomic E-state index is -0.102. The lowest BCUT2D eigenvalue weighted by Gasteiger charge is -2.06. The number of nitrogens with one attached hydrogen (secondary N) is 1. The van der Waals surface area contributed by atoms with E-state index in [1.165, 1.54) is 0 Å². The van der Waals surface area contributed by atoms with Gasteiger partial charge in [-0.1, -0.05) is 11.6 Å². The molecule has 0 fully saturated rings. The van der Waals surface area contributed by atoms with Crippen molar-refractivity contribution in [3.8, 4) is 0 Å². The number of ether oxygens (including phenoxy) is 1. The topological polar surface area (TPSA) is 64.3 Å². The Morgan fingerprint density at radius 1 is 1.56 bits per heavy atom. The van der Waals surface area contributed by atoms with Crippen LogP contribution in [-0.4, -0.2) is 19.1 Å². The maximum atomic E-state index is 11.4. The van der Waals surface area contributed by atoms with Gasteiger partial charge in [-0.3, -0.25) is 4.79 Å². The van der Waals surface area contributed by atoms with Crippen LogP contribution in [0, 0.1) is 0 Å². The van der Waals surface area contributed by atoms with Gasteiger partial charge in [0.05, 0.1) is 23.7 Å². The molecule has 3 N–H and O–H groups in total. The molecule has 5 heteroatoms. The highest BCUT2D eigenvalue weighted by Gasteiger charge is 2.03. The van der Waals surface area contributed by atoms with Crippen molar-refractivity contribution in [1.29, 1.82) is 0 Å². The third-order valence-electron chi connectivity index (χ3n) is 1.96. The molecule has 0 aliphatic heterocycles. The van der Waals surface area contributed by atoms with Crippen LogP contribution >= 0.6 is 11.6 Å². The minimum absolute atomic E-state index is 0.102. The maximum absolute atomic E-state index is 11.4. The Labute approximate surface area is 99.7 Å². The fourth-order valence-corrected chi connectivity index (χ4v) is 1.27. The molecule has 0 unspecified atom stereocenters. The van der Waals surface area contributed by atoms with Gasteiger partial charge in [-0.05, 0) is 25.1 Å². The summed E-state index contributed by atoms with van der Waals surface area (Å²) < 4.78 is 5.08. The summed E-state index contributed by atoms with van der Waals surface area (Å²) in [6.07, 6.45) is 0.330. The molecule has 0 aliphatic rings. The zero-order valence-electron chi connectivity index (χ0n) is 9.13. The zero-order chi connectivity index (χ0) is 12.0. The number of nitrogens with two attached hydrogens (primary N) is 1. The van der Waals surface area contributed by atoms with Crippen molar-refractivity contribution >= 4 is 28.9 Å². The maximum Gasteiger partial charge on any atom is 0.226 e. The molecule has 0 bridgehead atoms. The van der Waals surface area contributed by atoms with Crippen LogP contribution < -0.4 is 11.1 Å².